The van der Waals surface area contributed by atoms with Crippen molar-refractivity contribution in [3.8, 4) is 0 Å². The maximum absolute atomic E-state index is 12.5. The van der Waals surface area contributed by atoms with E-state index in [1.54, 1.807) is 17.0 Å². The third-order valence-corrected chi connectivity index (χ3v) is 3.95. The summed E-state index contributed by atoms with van der Waals surface area (Å²) in [5.41, 5.74) is 5.88. The van der Waals surface area contributed by atoms with Gasteiger partial charge in [-0.25, -0.2) is 4.98 Å². The summed E-state index contributed by atoms with van der Waals surface area (Å²) in [5.74, 6) is 0.421. The molecule has 0 radical (unpaired) electrons. The van der Waals surface area contributed by atoms with Crippen LogP contribution in [0, 0.1) is 0 Å². The summed E-state index contributed by atoms with van der Waals surface area (Å²) in [6, 6.07) is 0.246. The Morgan fingerprint density at radius 2 is 2.00 bits per heavy atom. The molecule has 0 saturated heterocycles. The van der Waals surface area contributed by atoms with E-state index in [-0.39, 0.29) is 23.2 Å². The zero-order valence-electron chi connectivity index (χ0n) is 12.7. The molecule has 0 aliphatic heterocycles. The van der Waals surface area contributed by atoms with E-state index in [9.17, 15) is 4.79 Å². The predicted octanol–water partition coefficient (Wildman–Crippen LogP) is 2.07. The summed E-state index contributed by atoms with van der Waals surface area (Å²) in [5, 5.41) is 3.28. The molecule has 112 valence electrons. The van der Waals surface area contributed by atoms with Crippen LogP contribution >= 0.6 is 0 Å². The van der Waals surface area contributed by atoms with Gasteiger partial charge in [-0.2, -0.15) is 0 Å². The van der Waals surface area contributed by atoms with Crippen LogP contribution in [0.3, 0.4) is 0 Å². The van der Waals surface area contributed by atoms with Gasteiger partial charge in [-0.1, -0.05) is 19.3 Å². The number of nitrogens with two attached hydrogens (primary N) is 1. The van der Waals surface area contributed by atoms with Crippen molar-refractivity contribution in [2.24, 2.45) is 5.73 Å². The Balaban J connectivity index is 2.23. The molecule has 1 aliphatic carbocycles. The molecule has 0 amide bonds. The zero-order chi connectivity index (χ0) is 14.8. The van der Waals surface area contributed by atoms with Crippen molar-refractivity contribution in [1.29, 1.82) is 0 Å². The van der Waals surface area contributed by atoms with E-state index < -0.39 is 0 Å². The van der Waals surface area contributed by atoms with Crippen LogP contribution in [0.2, 0.25) is 0 Å². The fraction of sp³-hybridized carbons (Fsp3) is 0.733. The Kier molecular flexibility index (Phi) is 4.48. The van der Waals surface area contributed by atoms with E-state index in [4.69, 9.17) is 5.73 Å². The molecule has 0 aromatic carbocycles. The van der Waals surface area contributed by atoms with Gasteiger partial charge >= 0.3 is 0 Å². The number of rotatable bonds is 2. The van der Waals surface area contributed by atoms with E-state index in [0.29, 0.717) is 5.82 Å². The van der Waals surface area contributed by atoms with Gasteiger partial charge in [-0.15, -0.1) is 0 Å². The van der Waals surface area contributed by atoms with Gasteiger partial charge in [0.15, 0.2) is 5.82 Å². The number of hydrogen-bond donors (Lipinski definition) is 2. The van der Waals surface area contributed by atoms with E-state index in [0.717, 1.165) is 19.3 Å². The molecule has 3 N–H and O–H groups in total. The van der Waals surface area contributed by atoms with Crippen LogP contribution in [0.25, 0.3) is 0 Å². The SMILES string of the molecule is CC(C)(C)n1ccnc(NC2CCCCCC2N)c1=O. The molecule has 20 heavy (non-hydrogen) atoms. The van der Waals surface area contributed by atoms with Gasteiger partial charge in [0.05, 0.1) is 0 Å². The molecule has 0 bridgehead atoms. The lowest BCUT2D eigenvalue weighted by atomic mass is 10.0. The molecule has 0 spiro atoms. The van der Waals surface area contributed by atoms with Crippen LogP contribution in [0.15, 0.2) is 17.2 Å². The Labute approximate surface area is 120 Å². The maximum Gasteiger partial charge on any atom is 0.293 e. The lowest BCUT2D eigenvalue weighted by Gasteiger charge is -2.25. The number of nitrogens with zero attached hydrogens (tertiary/aromatic N) is 2. The molecule has 5 heteroatoms. The second-order valence-electron chi connectivity index (χ2n) is 6.67. The number of aromatic nitrogens is 2. The highest BCUT2D eigenvalue weighted by Crippen LogP contribution is 2.19. The van der Waals surface area contributed by atoms with E-state index >= 15 is 0 Å². The van der Waals surface area contributed by atoms with Crippen molar-refractivity contribution in [2.75, 3.05) is 5.32 Å². The molecule has 1 heterocycles. The largest absolute Gasteiger partial charge is 0.361 e. The van der Waals surface area contributed by atoms with Crippen molar-refractivity contribution in [1.82, 2.24) is 9.55 Å². The van der Waals surface area contributed by atoms with Crippen molar-refractivity contribution >= 4 is 5.82 Å². The lowest BCUT2D eigenvalue weighted by Crippen LogP contribution is -2.42. The van der Waals surface area contributed by atoms with E-state index in [1.165, 1.54) is 12.8 Å². The number of nitrogens with one attached hydrogen (secondary N) is 1. The monoisotopic (exact) mass is 278 g/mol. The molecule has 1 aromatic rings. The smallest absolute Gasteiger partial charge is 0.293 e. The minimum Gasteiger partial charge on any atom is -0.361 e. The van der Waals surface area contributed by atoms with Gasteiger partial charge in [0, 0.05) is 30.0 Å². The van der Waals surface area contributed by atoms with Crippen molar-refractivity contribution < 1.29 is 0 Å². The minimum atomic E-state index is -0.248. The molecule has 1 fully saturated rings. The molecular weight excluding hydrogens is 252 g/mol. The highest BCUT2D eigenvalue weighted by atomic mass is 16.1. The first-order chi connectivity index (χ1) is 9.39. The van der Waals surface area contributed by atoms with Gasteiger partial charge < -0.3 is 15.6 Å². The van der Waals surface area contributed by atoms with Gasteiger partial charge in [0.1, 0.15) is 0 Å². The second-order valence-corrected chi connectivity index (χ2v) is 6.67. The van der Waals surface area contributed by atoms with Crippen LogP contribution in [0.1, 0.15) is 52.9 Å². The van der Waals surface area contributed by atoms with Crippen LogP contribution in [-0.4, -0.2) is 21.6 Å². The quantitative estimate of drug-likeness (QED) is 0.812. The maximum atomic E-state index is 12.5. The fourth-order valence-corrected chi connectivity index (χ4v) is 2.73. The van der Waals surface area contributed by atoms with Gasteiger partial charge in [-0.05, 0) is 33.6 Å². The highest BCUT2D eigenvalue weighted by Gasteiger charge is 2.23. The third-order valence-electron chi connectivity index (χ3n) is 3.95. The zero-order valence-corrected chi connectivity index (χ0v) is 12.7. The Bertz CT molecular complexity index is 503. The van der Waals surface area contributed by atoms with Crippen molar-refractivity contribution in [3.05, 3.63) is 22.7 Å². The first kappa shape index (κ1) is 15.0. The Hall–Kier alpha value is -1.36. The normalized spacial score (nSPS) is 24.2. The summed E-state index contributed by atoms with van der Waals surface area (Å²) in [6.45, 7) is 6.03. The van der Waals surface area contributed by atoms with Gasteiger partial charge in [0.25, 0.3) is 5.56 Å². The number of hydrogen-bond acceptors (Lipinski definition) is 4. The summed E-state index contributed by atoms with van der Waals surface area (Å²) >= 11 is 0. The van der Waals surface area contributed by atoms with E-state index in [1.807, 2.05) is 20.8 Å². The average Bonchev–Trinajstić information content (AvgIpc) is 2.56. The second kappa shape index (κ2) is 5.95. The summed E-state index contributed by atoms with van der Waals surface area (Å²) < 4.78 is 1.71. The third kappa shape index (κ3) is 3.39. The average molecular weight is 278 g/mol. The topological polar surface area (TPSA) is 72.9 Å². The summed E-state index contributed by atoms with van der Waals surface area (Å²) in [4.78, 5) is 16.7. The van der Waals surface area contributed by atoms with Gasteiger partial charge in [0.2, 0.25) is 0 Å². The van der Waals surface area contributed by atoms with Crippen molar-refractivity contribution in [2.45, 2.75) is 70.5 Å². The summed E-state index contributed by atoms with van der Waals surface area (Å²) in [7, 11) is 0. The fourth-order valence-electron chi connectivity index (χ4n) is 2.73. The van der Waals surface area contributed by atoms with Gasteiger partial charge in [-0.3, -0.25) is 4.79 Å². The Morgan fingerprint density at radius 3 is 2.70 bits per heavy atom. The van der Waals surface area contributed by atoms with Crippen LogP contribution in [0.4, 0.5) is 5.82 Å². The molecular formula is C15H26N4O. The first-order valence-corrected chi connectivity index (χ1v) is 7.50. The first-order valence-electron chi connectivity index (χ1n) is 7.50. The standard InChI is InChI=1S/C15H26N4O/c1-15(2,3)19-10-9-17-13(14(19)20)18-12-8-6-4-5-7-11(12)16/h9-12H,4-8,16H2,1-3H3,(H,17,18). The molecule has 1 aliphatic rings. The van der Waals surface area contributed by atoms with Crippen LogP contribution < -0.4 is 16.6 Å². The number of anilines is 1. The van der Waals surface area contributed by atoms with Crippen molar-refractivity contribution in [3.63, 3.8) is 0 Å². The molecule has 1 saturated carbocycles. The molecule has 5 nitrogen and oxygen atoms in total. The van der Waals surface area contributed by atoms with Crippen LogP contribution in [0.5, 0.6) is 0 Å². The van der Waals surface area contributed by atoms with Crippen LogP contribution in [-0.2, 0) is 5.54 Å². The highest BCUT2D eigenvalue weighted by molar-refractivity contribution is 5.33. The molecule has 2 atom stereocenters. The molecule has 2 rings (SSSR count). The minimum absolute atomic E-state index is 0.0727. The Morgan fingerprint density at radius 1 is 1.30 bits per heavy atom. The van der Waals surface area contributed by atoms with E-state index in [2.05, 4.69) is 10.3 Å². The summed E-state index contributed by atoms with van der Waals surface area (Å²) in [6.07, 6.45) is 8.99. The molecule has 1 aromatic heterocycles. The molecule has 2 unspecified atom stereocenters. The lowest BCUT2D eigenvalue weighted by molar-refractivity contribution is 0.382. The predicted molar refractivity (Wildman–Crippen MR) is 82.0 cm³/mol.